The van der Waals surface area contributed by atoms with Crippen molar-refractivity contribution < 1.29 is 10.0 Å². The Hall–Kier alpha value is -2.12. The SMILES string of the molecule is NC(=NO)C1CCCC1NC(=O)c1cn[nH]n1. The molecule has 1 aromatic heterocycles. The van der Waals surface area contributed by atoms with Crippen LogP contribution in [0, 0.1) is 5.92 Å². The van der Waals surface area contributed by atoms with Gasteiger partial charge in [0.05, 0.1) is 6.20 Å². The van der Waals surface area contributed by atoms with Crippen molar-refractivity contribution in [2.45, 2.75) is 25.3 Å². The molecule has 0 bridgehead atoms. The lowest BCUT2D eigenvalue weighted by Crippen LogP contribution is -2.42. The van der Waals surface area contributed by atoms with Gasteiger partial charge >= 0.3 is 0 Å². The first-order valence-corrected chi connectivity index (χ1v) is 5.36. The molecule has 8 nitrogen and oxygen atoms in total. The van der Waals surface area contributed by atoms with E-state index in [0.29, 0.717) is 0 Å². The van der Waals surface area contributed by atoms with Gasteiger partial charge in [-0.3, -0.25) is 4.79 Å². The van der Waals surface area contributed by atoms with E-state index in [1.807, 2.05) is 0 Å². The Morgan fingerprint density at radius 1 is 1.65 bits per heavy atom. The minimum absolute atomic E-state index is 0.115. The van der Waals surface area contributed by atoms with E-state index < -0.39 is 0 Å². The topological polar surface area (TPSA) is 129 Å². The molecule has 0 spiro atoms. The molecule has 2 atom stereocenters. The third kappa shape index (κ3) is 2.35. The molecular formula is C9H14N6O2. The van der Waals surface area contributed by atoms with Crippen LogP contribution < -0.4 is 11.1 Å². The number of aromatic nitrogens is 3. The largest absolute Gasteiger partial charge is 0.409 e. The number of carbonyl (C=O) groups is 1. The van der Waals surface area contributed by atoms with Crippen molar-refractivity contribution in [1.29, 1.82) is 0 Å². The molecule has 1 saturated carbocycles. The van der Waals surface area contributed by atoms with Crippen LogP contribution in [0.2, 0.25) is 0 Å². The van der Waals surface area contributed by atoms with E-state index in [4.69, 9.17) is 10.9 Å². The summed E-state index contributed by atoms with van der Waals surface area (Å²) in [5.41, 5.74) is 5.81. The second kappa shape index (κ2) is 4.81. The highest BCUT2D eigenvalue weighted by molar-refractivity contribution is 5.93. The van der Waals surface area contributed by atoms with Crippen LogP contribution in [0.4, 0.5) is 0 Å². The number of oxime groups is 1. The van der Waals surface area contributed by atoms with E-state index in [0.717, 1.165) is 19.3 Å². The highest BCUT2D eigenvalue weighted by Gasteiger charge is 2.32. The summed E-state index contributed by atoms with van der Waals surface area (Å²) in [5.74, 6) is -0.259. The Morgan fingerprint density at radius 2 is 2.47 bits per heavy atom. The van der Waals surface area contributed by atoms with Crippen LogP contribution in [0.5, 0.6) is 0 Å². The van der Waals surface area contributed by atoms with Gasteiger partial charge in [-0.2, -0.15) is 15.4 Å². The van der Waals surface area contributed by atoms with E-state index in [1.165, 1.54) is 6.20 Å². The van der Waals surface area contributed by atoms with Crippen molar-refractivity contribution in [3.05, 3.63) is 11.9 Å². The monoisotopic (exact) mass is 238 g/mol. The first kappa shape index (κ1) is 11.4. The molecule has 0 radical (unpaired) electrons. The maximum atomic E-state index is 11.7. The van der Waals surface area contributed by atoms with Gasteiger partial charge in [-0.1, -0.05) is 11.6 Å². The van der Waals surface area contributed by atoms with E-state index in [-0.39, 0.29) is 29.4 Å². The molecule has 92 valence electrons. The highest BCUT2D eigenvalue weighted by atomic mass is 16.4. The minimum Gasteiger partial charge on any atom is -0.409 e. The van der Waals surface area contributed by atoms with Gasteiger partial charge in [-0.05, 0) is 12.8 Å². The second-order valence-electron chi connectivity index (χ2n) is 4.00. The highest BCUT2D eigenvalue weighted by Crippen LogP contribution is 2.25. The van der Waals surface area contributed by atoms with Crippen LogP contribution in [-0.2, 0) is 0 Å². The number of amidine groups is 1. The van der Waals surface area contributed by atoms with Gasteiger partial charge in [0.25, 0.3) is 5.91 Å². The summed E-state index contributed by atoms with van der Waals surface area (Å²) in [6.45, 7) is 0. The van der Waals surface area contributed by atoms with Crippen molar-refractivity contribution in [3.8, 4) is 0 Å². The number of carbonyl (C=O) groups excluding carboxylic acids is 1. The molecule has 1 aliphatic rings. The van der Waals surface area contributed by atoms with Crippen molar-refractivity contribution >= 4 is 11.7 Å². The fraction of sp³-hybridized carbons (Fsp3) is 0.556. The number of H-pyrrole nitrogens is 1. The summed E-state index contributed by atoms with van der Waals surface area (Å²) in [6, 6.07) is -0.116. The fourth-order valence-electron chi connectivity index (χ4n) is 2.11. The number of hydrogen-bond acceptors (Lipinski definition) is 5. The third-order valence-electron chi connectivity index (χ3n) is 2.98. The van der Waals surface area contributed by atoms with Crippen LogP contribution >= 0.6 is 0 Å². The number of nitrogens with zero attached hydrogens (tertiary/aromatic N) is 3. The van der Waals surface area contributed by atoms with Gasteiger partial charge in [-0.15, -0.1) is 0 Å². The van der Waals surface area contributed by atoms with Crippen LogP contribution in [0.1, 0.15) is 29.8 Å². The van der Waals surface area contributed by atoms with Crippen molar-refractivity contribution in [2.75, 3.05) is 0 Å². The van der Waals surface area contributed by atoms with Crippen LogP contribution in [0.3, 0.4) is 0 Å². The third-order valence-corrected chi connectivity index (χ3v) is 2.98. The number of nitrogens with one attached hydrogen (secondary N) is 2. The lowest BCUT2D eigenvalue weighted by Gasteiger charge is -2.18. The van der Waals surface area contributed by atoms with Crippen LogP contribution in [0.25, 0.3) is 0 Å². The molecule has 1 heterocycles. The number of hydrogen-bond donors (Lipinski definition) is 4. The van der Waals surface area contributed by atoms with Gasteiger partial charge in [0, 0.05) is 12.0 Å². The molecular weight excluding hydrogens is 224 g/mol. The van der Waals surface area contributed by atoms with Crippen molar-refractivity contribution in [3.63, 3.8) is 0 Å². The summed E-state index contributed by atoms with van der Waals surface area (Å²) in [5, 5.41) is 24.1. The predicted molar refractivity (Wildman–Crippen MR) is 58.4 cm³/mol. The molecule has 0 aromatic carbocycles. The Morgan fingerprint density at radius 3 is 3.12 bits per heavy atom. The first-order valence-electron chi connectivity index (χ1n) is 5.36. The molecule has 1 aromatic rings. The molecule has 0 aliphatic heterocycles. The second-order valence-corrected chi connectivity index (χ2v) is 4.00. The lowest BCUT2D eigenvalue weighted by atomic mass is 10.0. The van der Waals surface area contributed by atoms with Crippen LogP contribution in [0.15, 0.2) is 11.4 Å². The molecule has 17 heavy (non-hydrogen) atoms. The zero-order chi connectivity index (χ0) is 12.3. The minimum atomic E-state index is -0.304. The summed E-state index contributed by atoms with van der Waals surface area (Å²) < 4.78 is 0. The van der Waals surface area contributed by atoms with E-state index in [1.54, 1.807) is 0 Å². The number of rotatable bonds is 3. The number of amides is 1. The summed E-state index contributed by atoms with van der Waals surface area (Å²) >= 11 is 0. The Labute approximate surface area is 97.3 Å². The Bertz CT molecular complexity index is 415. The zero-order valence-electron chi connectivity index (χ0n) is 9.13. The van der Waals surface area contributed by atoms with Gasteiger partial charge in [-0.25, -0.2) is 0 Å². The normalized spacial score (nSPS) is 24.8. The smallest absolute Gasteiger partial charge is 0.273 e. The molecule has 1 aliphatic carbocycles. The molecule has 8 heteroatoms. The van der Waals surface area contributed by atoms with E-state index in [9.17, 15) is 4.79 Å². The van der Waals surface area contributed by atoms with Gasteiger partial charge in [0.15, 0.2) is 5.69 Å². The standard InChI is InChI=1S/C9H14N6O2/c10-8(14-17)5-2-1-3-6(5)12-9(16)7-4-11-15-13-7/h4-6,17H,1-3H2,(H2,10,14)(H,12,16)(H,11,13,15). The number of aromatic amines is 1. The quantitative estimate of drug-likeness (QED) is 0.243. The predicted octanol–water partition coefficient (Wildman–Crippen LogP) is -0.550. The Balaban J connectivity index is 2.01. The summed E-state index contributed by atoms with van der Waals surface area (Å²) in [4.78, 5) is 11.7. The molecule has 2 rings (SSSR count). The van der Waals surface area contributed by atoms with Crippen molar-refractivity contribution in [2.24, 2.45) is 16.8 Å². The van der Waals surface area contributed by atoms with Crippen molar-refractivity contribution in [1.82, 2.24) is 20.7 Å². The average molecular weight is 238 g/mol. The lowest BCUT2D eigenvalue weighted by molar-refractivity contribution is 0.0928. The summed E-state index contributed by atoms with van der Waals surface area (Å²) in [6.07, 6.45) is 3.90. The van der Waals surface area contributed by atoms with Gasteiger partial charge in [0.1, 0.15) is 5.84 Å². The molecule has 0 saturated heterocycles. The fourth-order valence-corrected chi connectivity index (χ4v) is 2.11. The number of nitrogens with two attached hydrogens (primary N) is 1. The molecule has 1 amide bonds. The summed E-state index contributed by atoms with van der Waals surface area (Å²) in [7, 11) is 0. The first-order chi connectivity index (χ1) is 8.22. The van der Waals surface area contributed by atoms with Crippen LogP contribution in [-0.4, -0.2) is 38.4 Å². The maximum Gasteiger partial charge on any atom is 0.273 e. The average Bonchev–Trinajstić information content (AvgIpc) is 2.98. The zero-order valence-corrected chi connectivity index (χ0v) is 9.13. The van der Waals surface area contributed by atoms with E-state index >= 15 is 0 Å². The van der Waals surface area contributed by atoms with Gasteiger partial charge < -0.3 is 16.3 Å². The maximum absolute atomic E-state index is 11.7. The molecule has 5 N–H and O–H groups in total. The Kier molecular flexibility index (Phi) is 3.22. The van der Waals surface area contributed by atoms with E-state index in [2.05, 4.69) is 25.9 Å². The van der Waals surface area contributed by atoms with Gasteiger partial charge in [0.2, 0.25) is 0 Å². The molecule has 1 fully saturated rings. The molecule has 2 unspecified atom stereocenters.